The molecule has 1 saturated carbocycles. The quantitative estimate of drug-likeness (QED) is 0.824. The van der Waals surface area contributed by atoms with Gasteiger partial charge in [-0.05, 0) is 49.8 Å². The molecular weight excluding hydrogens is 238 g/mol. The van der Waals surface area contributed by atoms with Crippen molar-refractivity contribution in [3.8, 4) is 0 Å². The molecule has 1 nitrogen and oxygen atoms in total. The van der Waals surface area contributed by atoms with E-state index in [4.69, 9.17) is 11.6 Å². The predicted octanol–water partition coefficient (Wildman–Crippen LogP) is 4.41. The zero-order valence-corrected chi connectivity index (χ0v) is 11.8. The van der Waals surface area contributed by atoms with Crippen LogP contribution in [-0.4, -0.2) is 6.54 Å². The van der Waals surface area contributed by atoms with Gasteiger partial charge in [-0.2, -0.15) is 0 Å². The van der Waals surface area contributed by atoms with Gasteiger partial charge in [0.1, 0.15) is 0 Å². The van der Waals surface area contributed by atoms with Gasteiger partial charge in [-0.3, -0.25) is 0 Å². The first-order valence-corrected chi connectivity index (χ1v) is 7.32. The highest BCUT2D eigenvalue weighted by molar-refractivity contribution is 7.16. The van der Waals surface area contributed by atoms with Gasteiger partial charge >= 0.3 is 0 Å². The van der Waals surface area contributed by atoms with Gasteiger partial charge in [-0.15, -0.1) is 11.3 Å². The average Bonchev–Trinajstić information content (AvgIpc) is 3.03. The van der Waals surface area contributed by atoms with E-state index in [0.717, 1.165) is 22.7 Å². The number of rotatable bonds is 5. The van der Waals surface area contributed by atoms with Crippen molar-refractivity contribution in [2.75, 3.05) is 6.54 Å². The van der Waals surface area contributed by atoms with Crippen LogP contribution in [0.1, 0.15) is 43.2 Å². The van der Waals surface area contributed by atoms with Gasteiger partial charge in [-0.25, -0.2) is 0 Å². The van der Waals surface area contributed by atoms with Gasteiger partial charge in [0.05, 0.1) is 4.34 Å². The fraction of sp³-hybridized carbons (Fsp3) is 0.692. The number of hydrogen-bond acceptors (Lipinski definition) is 2. The molecule has 0 aliphatic heterocycles. The van der Waals surface area contributed by atoms with E-state index in [9.17, 15) is 0 Å². The molecule has 16 heavy (non-hydrogen) atoms. The maximum atomic E-state index is 6.16. The Bertz CT molecular complexity index is 337. The summed E-state index contributed by atoms with van der Waals surface area (Å²) < 4.78 is 0.945. The minimum Gasteiger partial charge on any atom is -0.309 e. The van der Waals surface area contributed by atoms with Crippen molar-refractivity contribution < 1.29 is 0 Å². The Kier molecular flexibility index (Phi) is 3.93. The van der Waals surface area contributed by atoms with Gasteiger partial charge in [-0.1, -0.05) is 25.4 Å². The Morgan fingerprint density at radius 1 is 1.56 bits per heavy atom. The summed E-state index contributed by atoms with van der Waals surface area (Å²) in [5.41, 5.74) is 1.22. The second-order valence-corrected chi connectivity index (χ2v) is 6.52. The van der Waals surface area contributed by atoms with Gasteiger partial charge in [0, 0.05) is 10.9 Å². The highest BCUT2D eigenvalue weighted by Gasteiger charge is 2.34. The Morgan fingerprint density at radius 3 is 2.69 bits per heavy atom. The predicted molar refractivity (Wildman–Crippen MR) is 72.4 cm³/mol. The van der Waals surface area contributed by atoms with Crippen molar-refractivity contribution in [2.45, 2.75) is 39.7 Å². The molecule has 3 heteroatoms. The lowest BCUT2D eigenvalue weighted by molar-refractivity contribution is 0.360. The summed E-state index contributed by atoms with van der Waals surface area (Å²) in [7, 11) is 0. The number of hydrogen-bond donors (Lipinski definition) is 1. The number of thiophene rings is 1. The molecule has 1 aromatic heterocycles. The monoisotopic (exact) mass is 257 g/mol. The molecule has 0 radical (unpaired) electrons. The minimum absolute atomic E-state index is 0.494. The first kappa shape index (κ1) is 12.4. The third-order valence-electron chi connectivity index (χ3n) is 3.50. The molecule has 0 spiro atoms. The first-order chi connectivity index (χ1) is 7.63. The summed E-state index contributed by atoms with van der Waals surface area (Å²) in [5, 5.41) is 3.61. The van der Waals surface area contributed by atoms with E-state index < -0.39 is 0 Å². The smallest absolute Gasteiger partial charge is 0.0960 e. The van der Waals surface area contributed by atoms with Crippen LogP contribution < -0.4 is 5.32 Å². The molecule has 2 rings (SSSR count). The van der Waals surface area contributed by atoms with Crippen molar-refractivity contribution >= 4 is 22.9 Å². The zero-order chi connectivity index (χ0) is 11.7. The number of nitrogens with one attached hydrogen (secondary N) is 1. The molecule has 1 heterocycles. The largest absolute Gasteiger partial charge is 0.309 e. The fourth-order valence-electron chi connectivity index (χ4n) is 2.30. The standard InChI is InChI=1S/C13H20ClNS/c1-4-15-12(9(3)10-5-6-10)11-7-8(2)13(14)16-11/h7,9-10,12,15H,4-6H2,1-3H3. The molecule has 1 fully saturated rings. The van der Waals surface area contributed by atoms with Gasteiger partial charge < -0.3 is 5.32 Å². The zero-order valence-electron chi connectivity index (χ0n) is 10.2. The van der Waals surface area contributed by atoms with E-state index in [2.05, 4.69) is 32.2 Å². The Balaban J connectivity index is 2.17. The van der Waals surface area contributed by atoms with Gasteiger partial charge in [0.25, 0.3) is 0 Å². The van der Waals surface area contributed by atoms with Crippen molar-refractivity contribution in [3.05, 3.63) is 20.8 Å². The summed E-state index contributed by atoms with van der Waals surface area (Å²) >= 11 is 7.90. The summed E-state index contributed by atoms with van der Waals surface area (Å²) in [4.78, 5) is 1.41. The molecule has 1 N–H and O–H groups in total. The maximum Gasteiger partial charge on any atom is 0.0960 e. The highest BCUT2D eigenvalue weighted by Crippen LogP contribution is 2.44. The molecule has 1 aromatic rings. The third kappa shape index (κ3) is 2.61. The van der Waals surface area contributed by atoms with Crippen molar-refractivity contribution in [1.29, 1.82) is 0 Å². The van der Waals surface area contributed by atoms with Crippen LogP contribution in [0.5, 0.6) is 0 Å². The van der Waals surface area contributed by atoms with Crippen molar-refractivity contribution in [2.24, 2.45) is 11.8 Å². The van der Waals surface area contributed by atoms with Gasteiger partial charge in [0.2, 0.25) is 0 Å². The molecule has 0 amide bonds. The lowest BCUT2D eigenvalue weighted by atomic mass is 9.95. The first-order valence-electron chi connectivity index (χ1n) is 6.12. The van der Waals surface area contributed by atoms with Crippen molar-refractivity contribution in [3.63, 3.8) is 0 Å². The molecule has 2 atom stereocenters. The van der Waals surface area contributed by atoms with Crippen LogP contribution in [-0.2, 0) is 0 Å². The fourth-order valence-corrected chi connectivity index (χ4v) is 3.71. The van der Waals surface area contributed by atoms with E-state index in [1.165, 1.54) is 23.3 Å². The van der Waals surface area contributed by atoms with Crippen LogP contribution in [0.2, 0.25) is 4.34 Å². The Labute approximate surface area is 107 Å². The molecule has 0 bridgehead atoms. The van der Waals surface area contributed by atoms with Crippen LogP contribution in [0.4, 0.5) is 0 Å². The van der Waals surface area contributed by atoms with Gasteiger partial charge in [0.15, 0.2) is 0 Å². The van der Waals surface area contributed by atoms with Crippen LogP contribution in [0.3, 0.4) is 0 Å². The van der Waals surface area contributed by atoms with Crippen LogP contribution >= 0.6 is 22.9 Å². The highest BCUT2D eigenvalue weighted by atomic mass is 35.5. The molecular formula is C13H20ClNS. The van der Waals surface area contributed by atoms with Crippen LogP contribution in [0.25, 0.3) is 0 Å². The Hall–Kier alpha value is -0.0500. The van der Waals surface area contributed by atoms with Crippen LogP contribution in [0, 0.1) is 18.8 Å². The lowest BCUT2D eigenvalue weighted by Crippen LogP contribution is -2.27. The molecule has 1 aliphatic carbocycles. The molecule has 90 valence electrons. The normalized spacial score (nSPS) is 19.8. The van der Waals surface area contributed by atoms with E-state index in [1.54, 1.807) is 11.3 Å². The lowest BCUT2D eigenvalue weighted by Gasteiger charge is -2.23. The topological polar surface area (TPSA) is 12.0 Å². The minimum atomic E-state index is 0.494. The molecule has 2 unspecified atom stereocenters. The second kappa shape index (κ2) is 5.07. The molecule has 0 aromatic carbocycles. The summed E-state index contributed by atoms with van der Waals surface area (Å²) in [5.74, 6) is 1.65. The van der Waals surface area contributed by atoms with Crippen LogP contribution in [0.15, 0.2) is 6.07 Å². The maximum absolute atomic E-state index is 6.16. The third-order valence-corrected chi connectivity index (χ3v) is 5.14. The average molecular weight is 258 g/mol. The number of halogens is 1. The second-order valence-electron chi connectivity index (χ2n) is 4.84. The van der Waals surface area contributed by atoms with E-state index in [0.29, 0.717) is 6.04 Å². The molecule has 1 aliphatic rings. The Morgan fingerprint density at radius 2 is 2.25 bits per heavy atom. The summed E-state index contributed by atoms with van der Waals surface area (Å²) in [6.07, 6.45) is 2.81. The van der Waals surface area contributed by atoms with E-state index >= 15 is 0 Å². The summed E-state index contributed by atoms with van der Waals surface area (Å²) in [6, 6.07) is 2.74. The molecule has 0 saturated heterocycles. The summed E-state index contributed by atoms with van der Waals surface area (Å²) in [6.45, 7) is 7.66. The van der Waals surface area contributed by atoms with E-state index in [-0.39, 0.29) is 0 Å². The number of aryl methyl sites for hydroxylation is 1. The SMILES string of the molecule is CCNC(c1cc(C)c(Cl)s1)C(C)C1CC1. The van der Waals surface area contributed by atoms with Crippen molar-refractivity contribution in [1.82, 2.24) is 5.32 Å². The van der Waals surface area contributed by atoms with E-state index in [1.807, 2.05) is 0 Å².